The molecule has 0 aliphatic heterocycles. The number of fused-ring (bicyclic) bond motifs is 1. The van der Waals surface area contributed by atoms with E-state index in [2.05, 4.69) is 26.1 Å². The van der Waals surface area contributed by atoms with E-state index in [1.807, 2.05) is 5.38 Å². The molecule has 0 bridgehead atoms. The number of carbonyl (C=O) groups excluding carboxylic acids is 1. The Hall–Kier alpha value is -1.36. The van der Waals surface area contributed by atoms with Gasteiger partial charge in [-0.2, -0.15) is 0 Å². The number of amides is 1. The van der Waals surface area contributed by atoms with Gasteiger partial charge in [0.25, 0.3) is 5.91 Å². The van der Waals surface area contributed by atoms with Crippen molar-refractivity contribution in [3.8, 4) is 0 Å². The van der Waals surface area contributed by atoms with Crippen molar-refractivity contribution in [2.45, 2.75) is 59.4 Å². The zero-order valence-electron chi connectivity index (χ0n) is 13.7. The molecule has 1 amide bonds. The standard InChI is InChI=1S/C17H25NO3S/c1-5-13(16(20)21)18-15(19)12-9-22-14-8-10(17(2,3)4)6-7-11(12)14/h9-10,13H,5-8H2,1-4H3,(H,18,19)(H,20,21). The second kappa shape index (κ2) is 6.41. The van der Waals surface area contributed by atoms with Gasteiger partial charge in [0.05, 0.1) is 5.56 Å². The van der Waals surface area contributed by atoms with E-state index in [1.165, 1.54) is 4.88 Å². The van der Waals surface area contributed by atoms with Crippen molar-refractivity contribution in [1.82, 2.24) is 5.32 Å². The summed E-state index contributed by atoms with van der Waals surface area (Å²) in [5.41, 5.74) is 2.08. The lowest BCUT2D eigenvalue weighted by molar-refractivity contribution is -0.139. The minimum absolute atomic E-state index is 0.249. The highest BCUT2D eigenvalue weighted by atomic mass is 32.1. The molecule has 122 valence electrons. The minimum atomic E-state index is -0.979. The molecule has 1 aromatic heterocycles. The van der Waals surface area contributed by atoms with Crippen LogP contribution in [0.15, 0.2) is 5.38 Å². The maximum absolute atomic E-state index is 12.4. The average Bonchev–Trinajstić information content (AvgIpc) is 2.86. The van der Waals surface area contributed by atoms with Gasteiger partial charge >= 0.3 is 5.97 Å². The van der Waals surface area contributed by atoms with Crippen LogP contribution in [0.1, 0.15) is 61.3 Å². The Morgan fingerprint density at radius 1 is 1.45 bits per heavy atom. The van der Waals surface area contributed by atoms with Crippen LogP contribution in [0.25, 0.3) is 0 Å². The molecule has 0 spiro atoms. The predicted molar refractivity (Wildman–Crippen MR) is 88.5 cm³/mol. The lowest BCUT2D eigenvalue weighted by Crippen LogP contribution is -2.40. The van der Waals surface area contributed by atoms with Crippen LogP contribution in [0.4, 0.5) is 0 Å². The summed E-state index contributed by atoms with van der Waals surface area (Å²) < 4.78 is 0. The SMILES string of the molecule is CCC(NC(=O)c1csc2c1CCC(C(C)(C)C)C2)C(=O)O. The van der Waals surface area contributed by atoms with E-state index in [0.29, 0.717) is 17.9 Å². The third kappa shape index (κ3) is 3.51. The topological polar surface area (TPSA) is 66.4 Å². The van der Waals surface area contributed by atoms with Gasteiger partial charge in [-0.25, -0.2) is 4.79 Å². The third-order valence-corrected chi connectivity index (χ3v) is 5.69. The van der Waals surface area contributed by atoms with E-state index in [4.69, 9.17) is 5.11 Å². The van der Waals surface area contributed by atoms with E-state index in [9.17, 15) is 9.59 Å². The molecule has 2 rings (SSSR count). The summed E-state index contributed by atoms with van der Waals surface area (Å²) >= 11 is 1.64. The van der Waals surface area contributed by atoms with Gasteiger partial charge in [-0.15, -0.1) is 11.3 Å². The lowest BCUT2D eigenvalue weighted by Gasteiger charge is -2.34. The fourth-order valence-corrected chi connectivity index (χ4v) is 4.18. The van der Waals surface area contributed by atoms with Crippen LogP contribution < -0.4 is 5.32 Å². The zero-order chi connectivity index (χ0) is 16.5. The van der Waals surface area contributed by atoms with Gasteiger partial charge in [-0.3, -0.25) is 4.79 Å². The summed E-state index contributed by atoms with van der Waals surface area (Å²) in [5, 5.41) is 13.6. The molecule has 2 unspecified atom stereocenters. The maximum Gasteiger partial charge on any atom is 0.326 e. The predicted octanol–water partition coefficient (Wildman–Crippen LogP) is 3.49. The van der Waals surface area contributed by atoms with Gasteiger partial charge in [0, 0.05) is 10.3 Å². The van der Waals surface area contributed by atoms with Crippen LogP contribution in [-0.4, -0.2) is 23.0 Å². The van der Waals surface area contributed by atoms with Crippen molar-refractivity contribution in [3.05, 3.63) is 21.4 Å². The Bertz CT molecular complexity index is 571. The Balaban J connectivity index is 2.15. The molecule has 1 aromatic rings. The van der Waals surface area contributed by atoms with E-state index in [-0.39, 0.29) is 11.3 Å². The molecule has 1 aliphatic rings. The molecule has 5 heteroatoms. The van der Waals surface area contributed by atoms with E-state index < -0.39 is 12.0 Å². The molecule has 2 atom stereocenters. The van der Waals surface area contributed by atoms with Gasteiger partial charge < -0.3 is 10.4 Å². The summed E-state index contributed by atoms with van der Waals surface area (Å²) in [4.78, 5) is 24.7. The Kier molecular flexibility index (Phi) is 4.95. The molecule has 1 heterocycles. The smallest absolute Gasteiger partial charge is 0.326 e. The quantitative estimate of drug-likeness (QED) is 0.891. The normalized spacial score (nSPS) is 19.4. The highest BCUT2D eigenvalue weighted by Crippen LogP contribution is 2.40. The Labute approximate surface area is 135 Å². The molecule has 0 radical (unpaired) electrons. The van der Waals surface area contributed by atoms with Crippen molar-refractivity contribution in [2.24, 2.45) is 11.3 Å². The number of hydrogen-bond acceptors (Lipinski definition) is 3. The van der Waals surface area contributed by atoms with Crippen molar-refractivity contribution in [1.29, 1.82) is 0 Å². The Morgan fingerprint density at radius 3 is 2.68 bits per heavy atom. The largest absolute Gasteiger partial charge is 0.480 e. The van der Waals surface area contributed by atoms with Crippen LogP contribution >= 0.6 is 11.3 Å². The summed E-state index contributed by atoms with van der Waals surface area (Å²) in [7, 11) is 0. The molecule has 1 aliphatic carbocycles. The fourth-order valence-electron chi connectivity index (χ4n) is 3.02. The van der Waals surface area contributed by atoms with Gasteiger partial charge in [-0.1, -0.05) is 27.7 Å². The van der Waals surface area contributed by atoms with Crippen molar-refractivity contribution < 1.29 is 14.7 Å². The van der Waals surface area contributed by atoms with Crippen LogP contribution in [0.5, 0.6) is 0 Å². The van der Waals surface area contributed by atoms with Crippen LogP contribution in [-0.2, 0) is 17.6 Å². The molecule has 2 N–H and O–H groups in total. The first kappa shape index (κ1) is 17.0. The summed E-state index contributed by atoms with van der Waals surface area (Å²) in [6.45, 7) is 8.56. The molecule has 0 aromatic carbocycles. The molecular weight excluding hydrogens is 298 g/mol. The van der Waals surface area contributed by atoms with Gasteiger partial charge in [0.2, 0.25) is 0 Å². The van der Waals surface area contributed by atoms with E-state index in [0.717, 1.165) is 24.8 Å². The Morgan fingerprint density at radius 2 is 2.14 bits per heavy atom. The lowest BCUT2D eigenvalue weighted by atomic mass is 9.72. The van der Waals surface area contributed by atoms with Crippen LogP contribution in [0.3, 0.4) is 0 Å². The van der Waals surface area contributed by atoms with Crippen LogP contribution in [0.2, 0.25) is 0 Å². The summed E-state index contributed by atoms with van der Waals surface area (Å²) in [6, 6.07) is -0.811. The number of nitrogens with one attached hydrogen (secondary N) is 1. The van der Waals surface area contributed by atoms with Crippen molar-refractivity contribution in [3.63, 3.8) is 0 Å². The number of carbonyl (C=O) groups is 2. The number of hydrogen-bond donors (Lipinski definition) is 2. The van der Waals surface area contributed by atoms with Crippen LogP contribution in [0, 0.1) is 11.3 Å². The van der Waals surface area contributed by atoms with Gasteiger partial charge in [0.1, 0.15) is 6.04 Å². The number of carboxylic acids is 1. The number of thiophene rings is 1. The first-order chi connectivity index (χ1) is 10.2. The summed E-state index contributed by atoms with van der Waals surface area (Å²) in [6.07, 6.45) is 3.41. The first-order valence-corrected chi connectivity index (χ1v) is 8.74. The van der Waals surface area contributed by atoms with E-state index in [1.54, 1.807) is 18.3 Å². The summed E-state index contributed by atoms with van der Waals surface area (Å²) in [5.74, 6) is -0.592. The highest BCUT2D eigenvalue weighted by molar-refractivity contribution is 7.10. The molecular formula is C17H25NO3S. The monoisotopic (exact) mass is 323 g/mol. The molecule has 0 saturated carbocycles. The van der Waals surface area contributed by atoms with E-state index >= 15 is 0 Å². The maximum atomic E-state index is 12.4. The minimum Gasteiger partial charge on any atom is -0.480 e. The molecule has 4 nitrogen and oxygen atoms in total. The molecule has 0 fully saturated rings. The highest BCUT2D eigenvalue weighted by Gasteiger charge is 2.32. The molecule has 0 saturated heterocycles. The third-order valence-electron chi connectivity index (χ3n) is 4.64. The first-order valence-electron chi connectivity index (χ1n) is 7.87. The fraction of sp³-hybridized carbons (Fsp3) is 0.647. The average molecular weight is 323 g/mol. The van der Waals surface area contributed by atoms with Gasteiger partial charge in [-0.05, 0) is 42.6 Å². The molecule has 22 heavy (non-hydrogen) atoms. The number of rotatable bonds is 4. The van der Waals surface area contributed by atoms with Gasteiger partial charge in [0.15, 0.2) is 0 Å². The van der Waals surface area contributed by atoms with Crippen molar-refractivity contribution in [2.75, 3.05) is 0 Å². The second-order valence-electron chi connectivity index (χ2n) is 7.13. The second-order valence-corrected chi connectivity index (χ2v) is 8.09. The van der Waals surface area contributed by atoms with Crippen molar-refractivity contribution >= 4 is 23.2 Å². The number of carboxylic acid groups (broad SMARTS) is 1. The zero-order valence-corrected chi connectivity index (χ0v) is 14.5. The number of aliphatic carboxylic acids is 1.